The molecule has 0 saturated carbocycles. The van der Waals surface area contributed by atoms with Gasteiger partial charge in [-0.15, -0.1) is 11.3 Å². The quantitative estimate of drug-likeness (QED) is 0.136. The predicted octanol–water partition coefficient (Wildman–Crippen LogP) is 9.96. The Balaban J connectivity index is 1.24. The number of nitrogens with zero attached hydrogens (tertiary/aromatic N) is 2. The van der Waals surface area contributed by atoms with E-state index >= 15 is 0 Å². The normalized spacial score (nSPS) is 11.8. The largest absolute Gasteiger partial charge is 0.432 e. The molecule has 0 bridgehead atoms. The van der Waals surface area contributed by atoms with E-state index in [4.69, 9.17) is 0 Å². The van der Waals surface area contributed by atoms with Gasteiger partial charge in [0.25, 0.3) is 0 Å². The van der Waals surface area contributed by atoms with Crippen molar-refractivity contribution in [2.45, 2.75) is 13.0 Å². The van der Waals surface area contributed by atoms with Crippen molar-refractivity contribution in [3.63, 3.8) is 0 Å². The molecule has 0 N–H and O–H groups in total. The standard InChI is InChI=1S/C32H16F8N2OS/c1-15-2-6-27-28(8-15)44-31(42-27)16-3-7-26(41-14-16)18-11-22(34)29(23(35)12-18)32(39,40)43-19-4-5-20(21(33)13-19)17-9-24(36)30(38)25(37)10-17/h2-14H,1H3. The Labute approximate surface area is 248 Å². The van der Waals surface area contributed by atoms with E-state index in [0.717, 1.165) is 27.9 Å². The van der Waals surface area contributed by atoms with Gasteiger partial charge in [-0.3, -0.25) is 4.98 Å². The fourth-order valence-corrected chi connectivity index (χ4v) is 5.60. The molecule has 6 rings (SSSR count). The van der Waals surface area contributed by atoms with Crippen LogP contribution in [-0.2, 0) is 6.11 Å². The molecule has 0 atom stereocenters. The number of alkyl halides is 2. The van der Waals surface area contributed by atoms with E-state index < -0.39 is 63.5 Å². The second kappa shape index (κ2) is 11.0. The first-order chi connectivity index (χ1) is 20.9. The summed E-state index contributed by atoms with van der Waals surface area (Å²) in [6.45, 7) is 1.96. The number of aryl methyl sites for hydroxylation is 1. The number of ether oxygens (including phenoxy) is 1. The molecule has 0 aliphatic rings. The molecule has 6 aromatic rings. The summed E-state index contributed by atoms with van der Waals surface area (Å²) in [5, 5.41) is 0.676. The first-order valence-corrected chi connectivity index (χ1v) is 13.6. The topological polar surface area (TPSA) is 35.0 Å². The van der Waals surface area contributed by atoms with Gasteiger partial charge in [-0.1, -0.05) is 6.07 Å². The minimum Gasteiger partial charge on any atom is -0.429 e. The highest BCUT2D eigenvalue weighted by molar-refractivity contribution is 7.21. The fourth-order valence-electron chi connectivity index (χ4n) is 4.55. The van der Waals surface area contributed by atoms with Crippen molar-refractivity contribution in [1.82, 2.24) is 9.97 Å². The minimum absolute atomic E-state index is 0.102. The van der Waals surface area contributed by atoms with E-state index in [0.29, 0.717) is 40.9 Å². The molecule has 3 nitrogen and oxygen atoms in total. The van der Waals surface area contributed by atoms with Crippen LogP contribution in [-0.4, -0.2) is 9.97 Å². The van der Waals surface area contributed by atoms with Crippen LogP contribution < -0.4 is 4.74 Å². The van der Waals surface area contributed by atoms with E-state index in [2.05, 4.69) is 14.7 Å². The lowest BCUT2D eigenvalue weighted by Gasteiger charge is -2.20. The first-order valence-electron chi connectivity index (χ1n) is 12.7. The molecule has 2 aromatic heterocycles. The molecule has 0 aliphatic heterocycles. The predicted molar refractivity (Wildman–Crippen MR) is 149 cm³/mol. The molecule has 0 aliphatic carbocycles. The molecule has 0 saturated heterocycles. The molecule has 222 valence electrons. The van der Waals surface area contributed by atoms with Gasteiger partial charge >= 0.3 is 6.11 Å². The third-order valence-electron chi connectivity index (χ3n) is 6.66. The Morgan fingerprint density at radius 3 is 2.00 bits per heavy atom. The summed E-state index contributed by atoms with van der Waals surface area (Å²) in [5.41, 5.74) is -0.0932. The SMILES string of the molecule is Cc1ccc2nc(-c3ccc(-c4cc(F)c(C(F)(F)Oc5ccc(-c6cc(F)c(F)c(F)c6)c(F)c5)c(F)c4)nc3)sc2c1. The lowest BCUT2D eigenvalue weighted by atomic mass is 10.0. The van der Waals surface area contributed by atoms with Crippen LogP contribution in [0, 0.1) is 41.8 Å². The summed E-state index contributed by atoms with van der Waals surface area (Å²) in [6, 6.07) is 13.4. The number of rotatable bonds is 6. The number of pyridine rings is 1. The Morgan fingerprint density at radius 2 is 1.36 bits per heavy atom. The van der Waals surface area contributed by atoms with Crippen molar-refractivity contribution in [2.24, 2.45) is 0 Å². The maximum Gasteiger partial charge on any atom is 0.432 e. The van der Waals surface area contributed by atoms with Crippen LogP contribution >= 0.6 is 11.3 Å². The van der Waals surface area contributed by atoms with Crippen LogP contribution in [0.15, 0.2) is 79.0 Å². The van der Waals surface area contributed by atoms with Crippen molar-refractivity contribution in [2.75, 3.05) is 0 Å². The molecular formula is C32H16F8N2OS. The molecule has 0 fully saturated rings. The third kappa shape index (κ3) is 5.48. The van der Waals surface area contributed by atoms with Crippen LogP contribution in [0.4, 0.5) is 35.1 Å². The van der Waals surface area contributed by atoms with Gasteiger partial charge in [-0.25, -0.2) is 31.3 Å². The van der Waals surface area contributed by atoms with Crippen molar-refractivity contribution in [3.8, 4) is 38.7 Å². The van der Waals surface area contributed by atoms with Gasteiger partial charge in [0.05, 0.1) is 15.9 Å². The summed E-state index contributed by atoms with van der Waals surface area (Å²) in [4.78, 5) is 8.78. The first kappa shape index (κ1) is 29.2. The average Bonchev–Trinajstić information content (AvgIpc) is 3.38. The summed E-state index contributed by atoms with van der Waals surface area (Å²) in [5.74, 6) is -10.3. The van der Waals surface area contributed by atoms with E-state index in [1.807, 2.05) is 25.1 Å². The Kier molecular flexibility index (Phi) is 7.32. The zero-order valence-corrected chi connectivity index (χ0v) is 23.1. The van der Waals surface area contributed by atoms with Gasteiger partial charge in [-0.05, 0) is 78.7 Å². The van der Waals surface area contributed by atoms with Crippen molar-refractivity contribution >= 4 is 21.6 Å². The van der Waals surface area contributed by atoms with Gasteiger partial charge in [0, 0.05) is 29.0 Å². The maximum absolute atomic E-state index is 15.0. The zero-order valence-electron chi connectivity index (χ0n) is 22.2. The van der Waals surface area contributed by atoms with E-state index in [9.17, 15) is 35.1 Å². The number of thiazole rings is 1. The second-order valence-corrected chi connectivity index (χ2v) is 10.8. The maximum atomic E-state index is 15.0. The van der Waals surface area contributed by atoms with Crippen LogP contribution in [0.3, 0.4) is 0 Å². The molecule has 0 spiro atoms. The lowest BCUT2D eigenvalue weighted by Crippen LogP contribution is -2.25. The van der Waals surface area contributed by atoms with Crippen LogP contribution in [0.25, 0.3) is 43.2 Å². The Bertz CT molecular complexity index is 2010. The van der Waals surface area contributed by atoms with Crippen molar-refractivity contribution < 1.29 is 39.9 Å². The molecule has 0 unspecified atom stereocenters. The van der Waals surface area contributed by atoms with Crippen LogP contribution in [0.5, 0.6) is 5.75 Å². The number of benzene rings is 4. The molecular weight excluding hydrogens is 612 g/mol. The average molecular weight is 629 g/mol. The Hall–Kier alpha value is -4.84. The van der Waals surface area contributed by atoms with Crippen LogP contribution in [0.1, 0.15) is 11.1 Å². The number of fused-ring (bicyclic) bond motifs is 1. The van der Waals surface area contributed by atoms with Gasteiger partial charge in [0.1, 0.15) is 33.8 Å². The van der Waals surface area contributed by atoms with Gasteiger partial charge < -0.3 is 4.74 Å². The number of aromatic nitrogens is 2. The van der Waals surface area contributed by atoms with E-state index in [-0.39, 0.29) is 11.3 Å². The zero-order chi connectivity index (χ0) is 31.3. The fraction of sp³-hybridized carbons (Fsp3) is 0.0625. The molecule has 2 heterocycles. The van der Waals surface area contributed by atoms with Crippen molar-refractivity contribution in [1.29, 1.82) is 0 Å². The minimum atomic E-state index is -4.60. The summed E-state index contributed by atoms with van der Waals surface area (Å²) in [6.07, 6.45) is -3.15. The van der Waals surface area contributed by atoms with Crippen LogP contribution in [0.2, 0.25) is 0 Å². The molecule has 12 heteroatoms. The summed E-state index contributed by atoms with van der Waals surface area (Å²) >= 11 is 1.44. The highest BCUT2D eigenvalue weighted by Crippen LogP contribution is 2.38. The number of hydrogen-bond acceptors (Lipinski definition) is 4. The van der Waals surface area contributed by atoms with E-state index in [1.165, 1.54) is 23.6 Å². The highest BCUT2D eigenvalue weighted by atomic mass is 32.1. The number of hydrogen-bond donors (Lipinski definition) is 0. The van der Waals surface area contributed by atoms with Gasteiger partial charge in [0.15, 0.2) is 17.5 Å². The molecule has 0 radical (unpaired) electrons. The smallest absolute Gasteiger partial charge is 0.429 e. The molecule has 0 amide bonds. The highest BCUT2D eigenvalue weighted by Gasteiger charge is 2.41. The van der Waals surface area contributed by atoms with Gasteiger partial charge in [0.2, 0.25) is 0 Å². The van der Waals surface area contributed by atoms with Crippen molar-refractivity contribution in [3.05, 3.63) is 125 Å². The molecule has 44 heavy (non-hydrogen) atoms. The molecule has 4 aromatic carbocycles. The monoisotopic (exact) mass is 628 g/mol. The van der Waals surface area contributed by atoms with E-state index in [1.54, 1.807) is 6.07 Å². The van der Waals surface area contributed by atoms with Gasteiger partial charge in [-0.2, -0.15) is 8.78 Å². The number of halogens is 8. The summed E-state index contributed by atoms with van der Waals surface area (Å²) in [7, 11) is 0. The summed E-state index contributed by atoms with van der Waals surface area (Å²) < 4.78 is 120. The lowest BCUT2D eigenvalue weighted by molar-refractivity contribution is -0.189. The second-order valence-electron chi connectivity index (χ2n) is 9.75. The third-order valence-corrected chi connectivity index (χ3v) is 7.73. The Morgan fingerprint density at radius 1 is 0.682 bits per heavy atom.